The number of hydrogen-bond donors (Lipinski definition) is 0. The monoisotopic (exact) mass is 416 g/mol. The molecule has 0 bridgehead atoms. The maximum absolute atomic E-state index is 12.7. The quantitative estimate of drug-likeness (QED) is 0.536. The number of Topliss-reactive ketones (excluding diaryl/α,β-unsaturated/α-hetero) is 2. The topological polar surface area (TPSA) is 43.4 Å². The molecule has 4 heteroatoms. The molecule has 0 aromatic carbocycles. The van der Waals surface area contributed by atoms with Gasteiger partial charge in [-0.1, -0.05) is 27.7 Å². The van der Waals surface area contributed by atoms with Gasteiger partial charge in [0.05, 0.1) is 6.10 Å². The lowest BCUT2D eigenvalue weighted by Crippen LogP contribution is -2.51. The average molecular weight is 417 g/mol. The van der Waals surface area contributed by atoms with Gasteiger partial charge < -0.3 is 4.43 Å². The van der Waals surface area contributed by atoms with Crippen molar-refractivity contribution in [3.63, 3.8) is 0 Å². The fraction of sp³-hybridized carbons (Fsp3) is 0.920. The maximum Gasteiger partial charge on any atom is 0.192 e. The van der Waals surface area contributed by atoms with Crippen LogP contribution in [-0.4, -0.2) is 26.0 Å². The number of carbonyl (C=O) groups is 2. The van der Waals surface area contributed by atoms with Crippen LogP contribution in [0.15, 0.2) is 0 Å². The van der Waals surface area contributed by atoms with E-state index in [0.717, 1.165) is 32.1 Å². The lowest BCUT2D eigenvalue weighted by Gasteiger charge is -2.55. The van der Waals surface area contributed by atoms with E-state index in [1.165, 1.54) is 19.3 Å². The van der Waals surface area contributed by atoms with Crippen LogP contribution >= 0.6 is 0 Å². The van der Waals surface area contributed by atoms with Crippen LogP contribution in [0.5, 0.6) is 0 Å². The van der Waals surface area contributed by atoms with E-state index in [2.05, 4.69) is 40.8 Å². The van der Waals surface area contributed by atoms with Crippen LogP contribution < -0.4 is 0 Å². The van der Waals surface area contributed by atoms with E-state index in [-0.39, 0.29) is 15.9 Å². The van der Waals surface area contributed by atoms with E-state index < -0.39 is 8.32 Å². The van der Waals surface area contributed by atoms with Crippen molar-refractivity contribution in [2.75, 3.05) is 0 Å². The molecule has 1 spiro atoms. The van der Waals surface area contributed by atoms with E-state index in [9.17, 15) is 9.59 Å². The van der Waals surface area contributed by atoms with Gasteiger partial charge in [-0.3, -0.25) is 9.59 Å². The molecule has 0 aliphatic heterocycles. The summed E-state index contributed by atoms with van der Waals surface area (Å²) >= 11 is 0. The number of rotatable bonds is 2. The van der Waals surface area contributed by atoms with Gasteiger partial charge in [0.15, 0.2) is 8.32 Å². The molecule has 3 nitrogen and oxygen atoms in total. The molecule has 0 amide bonds. The summed E-state index contributed by atoms with van der Waals surface area (Å²) in [6, 6.07) is 0. The molecule has 29 heavy (non-hydrogen) atoms. The maximum atomic E-state index is 12.7. The van der Waals surface area contributed by atoms with Crippen molar-refractivity contribution in [3.05, 3.63) is 0 Å². The predicted octanol–water partition coefficient (Wildman–Crippen LogP) is 5.78. The van der Waals surface area contributed by atoms with E-state index in [1.807, 2.05) is 0 Å². The summed E-state index contributed by atoms with van der Waals surface area (Å²) in [6.07, 6.45) is 8.41. The van der Waals surface area contributed by atoms with Gasteiger partial charge in [-0.15, -0.1) is 0 Å². The number of fused-ring (bicyclic) bond motifs is 3. The lowest BCUT2D eigenvalue weighted by molar-refractivity contribution is -0.136. The summed E-state index contributed by atoms with van der Waals surface area (Å²) in [5.74, 6) is 3.94. The molecule has 0 saturated heterocycles. The molecule has 1 unspecified atom stereocenters. The molecule has 5 saturated carbocycles. The first kappa shape index (κ1) is 20.4. The molecule has 0 aromatic heterocycles. The predicted molar refractivity (Wildman–Crippen MR) is 117 cm³/mol. The van der Waals surface area contributed by atoms with E-state index >= 15 is 0 Å². The Balaban J connectivity index is 1.49. The van der Waals surface area contributed by atoms with Crippen LogP contribution in [-0.2, 0) is 14.0 Å². The largest absolute Gasteiger partial charge is 0.413 e. The van der Waals surface area contributed by atoms with Crippen molar-refractivity contribution in [3.8, 4) is 0 Å². The van der Waals surface area contributed by atoms with Gasteiger partial charge in [0.2, 0.25) is 0 Å². The molecular weight excluding hydrogens is 376 g/mol. The summed E-state index contributed by atoms with van der Waals surface area (Å²) < 4.78 is 7.10. The fourth-order valence-electron chi connectivity index (χ4n) is 8.36. The smallest absolute Gasteiger partial charge is 0.192 e. The zero-order valence-corrected chi connectivity index (χ0v) is 20.3. The van der Waals surface area contributed by atoms with Crippen molar-refractivity contribution < 1.29 is 14.0 Å². The molecule has 5 fully saturated rings. The van der Waals surface area contributed by atoms with Crippen LogP contribution in [0.3, 0.4) is 0 Å². The third-order valence-electron chi connectivity index (χ3n) is 10.9. The Hall–Kier alpha value is -0.483. The van der Waals surface area contributed by atoms with Crippen molar-refractivity contribution >= 4 is 19.9 Å². The fourth-order valence-corrected chi connectivity index (χ4v) is 9.72. The SMILES string of the molecule is CC(C)(C)[Si](C)(C)O[C@H]1[C@@H]2CC(=O)C[C@@H]3CC[C@@H]4[C@H](CC[C@]5(C)C(=O)CC[C@@H]45)C321. The van der Waals surface area contributed by atoms with Crippen molar-refractivity contribution in [2.24, 2.45) is 40.4 Å². The van der Waals surface area contributed by atoms with Gasteiger partial charge in [-0.2, -0.15) is 0 Å². The molecule has 0 radical (unpaired) electrons. The second kappa shape index (κ2) is 6.06. The lowest BCUT2D eigenvalue weighted by atomic mass is 9.49. The van der Waals surface area contributed by atoms with Crippen LogP contribution in [0.2, 0.25) is 18.1 Å². The normalized spacial score (nSPS) is 49.2. The first-order valence-electron chi connectivity index (χ1n) is 12.2. The van der Waals surface area contributed by atoms with Gasteiger partial charge in [0.1, 0.15) is 11.6 Å². The summed E-state index contributed by atoms with van der Waals surface area (Å²) in [7, 11) is -1.87. The Morgan fingerprint density at radius 3 is 2.38 bits per heavy atom. The molecular formula is C25H40O3Si. The first-order valence-corrected chi connectivity index (χ1v) is 15.1. The van der Waals surface area contributed by atoms with Gasteiger partial charge in [0.25, 0.3) is 0 Å². The first-order chi connectivity index (χ1) is 13.4. The van der Waals surface area contributed by atoms with Crippen LogP contribution in [0.1, 0.15) is 79.1 Å². The second-order valence-corrected chi connectivity index (χ2v) is 17.7. The highest BCUT2D eigenvalue weighted by molar-refractivity contribution is 6.74. The Morgan fingerprint density at radius 1 is 0.966 bits per heavy atom. The third-order valence-corrected chi connectivity index (χ3v) is 15.3. The minimum Gasteiger partial charge on any atom is -0.413 e. The zero-order valence-electron chi connectivity index (χ0n) is 19.3. The van der Waals surface area contributed by atoms with Gasteiger partial charge >= 0.3 is 0 Å². The van der Waals surface area contributed by atoms with Crippen molar-refractivity contribution in [2.45, 2.75) is 103 Å². The third kappa shape index (κ3) is 2.57. The summed E-state index contributed by atoms with van der Waals surface area (Å²) in [4.78, 5) is 25.3. The molecule has 0 heterocycles. The Kier molecular flexibility index (Phi) is 4.27. The van der Waals surface area contributed by atoms with Crippen LogP contribution in [0.4, 0.5) is 0 Å². The molecule has 5 rings (SSSR count). The standard InChI is InChI=1S/C25H40O3Si/c1-23(2,3)29(5,6)28-22-20-14-16(26)13-15-7-8-17-18-9-10-21(27)24(18,4)12-11-19(17)25(15,20)22/h15,17-20,22H,7-14H2,1-6H3/t15-,17-,18-,19-,20-,22-,24-,25?/m0/s1. The Bertz CT molecular complexity index is 752. The van der Waals surface area contributed by atoms with E-state index in [0.29, 0.717) is 47.3 Å². The highest BCUT2D eigenvalue weighted by atomic mass is 28.4. The van der Waals surface area contributed by atoms with Crippen LogP contribution in [0.25, 0.3) is 0 Å². The van der Waals surface area contributed by atoms with Gasteiger partial charge in [-0.05, 0) is 79.8 Å². The zero-order chi connectivity index (χ0) is 21.0. The molecule has 5 aliphatic carbocycles. The highest BCUT2D eigenvalue weighted by Crippen LogP contribution is 2.77. The second-order valence-electron chi connectivity index (χ2n) is 12.9. The van der Waals surface area contributed by atoms with E-state index in [1.54, 1.807) is 0 Å². The average Bonchev–Trinajstić information content (AvgIpc) is 3.10. The summed E-state index contributed by atoms with van der Waals surface area (Å²) in [6.45, 7) is 14.0. The number of carbonyl (C=O) groups excluding carboxylic acids is 2. The molecule has 8 atom stereocenters. The van der Waals surface area contributed by atoms with Crippen molar-refractivity contribution in [1.29, 1.82) is 0 Å². The summed E-state index contributed by atoms with van der Waals surface area (Å²) in [5.41, 5.74) is 0.189. The van der Waals surface area contributed by atoms with Crippen LogP contribution in [0, 0.1) is 40.4 Å². The minimum absolute atomic E-state index is 0.0602. The van der Waals surface area contributed by atoms with Gasteiger partial charge in [0, 0.05) is 30.1 Å². The molecule has 5 aliphatic rings. The Labute approximate surface area is 177 Å². The van der Waals surface area contributed by atoms with Gasteiger partial charge in [-0.25, -0.2) is 0 Å². The van der Waals surface area contributed by atoms with Crippen molar-refractivity contribution in [1.82, 2.24) is 0 Å². The molecule has 0 aromatic rings. The molecule has 0 N–H and O–H groups in total. The number of ketones is 2. The Morgan fingerprint density at radius 2 is 1.69 bits per heavy atom. The molecule has 162 valence electrons. The summed E-state index contributed by atoms with van der Waals surface area (Å²) in [5, 5.41) is 0.200. The highest BCUT2D eigenvalue weighted by Gasteiger charge is 2.78. The minimum atomic E-state index is -1.87. The number of hydrogen-bond acceptors (Lipinski definition) is 3. The van der Waals surface area contributed by atoms with E-state index in [4.69, 9.17) is 4.43 Å².